The number of amides is 1. The van der Waals surface area contributed by atoms with Crippen LogP contribution in [-0.4, -0.2) is 28.5 Å². The Morgan fingerprint density at radius 2 is 1.92 bits per heavy atom. The molecule has 0 aliphatic heterocycles. The van der Waals surface area contributed by atoms with Crippen molar-refractivity contribution in [2.75, 3.05) is 6.54 Å². The van der Waals surface area contributed by atoms with Gasteiger partial charge in [-0.2, -0.15) is 0 Å². The molecule has 0 atom stereocenters. The summed E-state index contributed by atoms with van der Waals surface area (Å²) in [6.45, 7) is 3.49. The van der Waals surface area contributed by atoms with Crippen LogP contribution in [0.3, 0.4) is 0 Å². The van der Waals surface area contributed by atoms with Gasteiger partial charge >= 0.3 is 5.97 Å². The van der Waals surface area contributed by atoms with Gasteiger partial charge in [-0.25, -0.2) is 4.98 Å². The lowest BCUT2D eigenvalue weighted by Gasteiger charge is -2.19. The number of aliphatic carboxylic acids is 1. The maximum Gasteiger partial charge on any atom is 0.310 e. The van der Waals surface area contributed by atoms with Crippen molar-refractivity contribution >= 4 is 11.9 Å². The highest BCUT2D eigenvalue weighted by molar-refractivity contribution is 5.94. The van der Waals surface area contributed by atoms with Crippen LogP contribution in [-0.2, 0) is 11.4 Å². The van der Waals surface area contributed by atoms with E-state index in [4.69, 9.17) is 9.84 Å². The van der Waals surface area contributed by atoms with Crippen LogP contribution in [0.2, 0.25) is 0 Å². The number of rotatable bonds is 7. The van der Waals surface area contributed by atoms with Gasteiger partial charge in [0.1, 0.15) is 6.61 Å². The van der Waals surface area contributed by atoms with E-state index in [2.05, 4.69) is 10.3 Å². The lowest BCUT2D eigenvalue weighted by Crippen LogP contribution is -2.38. The molecular formula is C18H20N2O4. The zero-order chi connectivity index (χ0) is 17.6. The van der Waals surface area contributed by atoms with Gasteiger partial charge in [0, 0.05) is 24.4 Å². The Balaban J connectivity index is 1.96. The van der Waals surface area contributed by atoms with Crippen molar-refractivity contribution in [3.05, 3.63) is 59.8 Å². The molecule has 0 fully saturated rings. The number of aromatic nitrogens is 1. The summed E-state index contributed by atoms with van der Waals surface area (Å²) in [7, 11) is 0. The molecule has 0 saturated carbocycles. The lowest BCUT2D eigenvalue weighted by atomic mass is 9.94. The largest absolute Gasteiger partial charge is 0.481 e. The molecule has 6 heteroatoms. The molecule has 0 saturated heterocycles. The van der Waals surface area contributed by atoms with Gasteiger partial charge in [-0.3, -0.25) is 9.59 Å². The molecule has 2 rings (SSSR count). The van der Waals surface area contributed by atoms with Gasteiger partial charge in [0.15, 0.2) is 0 Å². The van der Waals surface area contributed by atoms with Crippen LogP contribution in [0.5, 0.6) is 5.88 Å². The molecule has 1 aromatic heterocycles. The second-order valence-electron chi connectivity index (χ2n) is 6.03. The number of ether oxygens (including phenoxy) is 1. The molecular weight excluding hydrogens is 308 g/mol. The van der Waals surface area contributed by atoms with Crippen molar-refractivity contribution in [3.63, 3.8) is 0 Å². The molecule has 1 aromatic carbocycles. The number of carbonyl (C=O) groups is 2. The van der Waals surface area contributed by atoms with Crippen molar-refractivity contribution in [3.8, 4) is 5.88 Å². The van der Waals surface area contributed by atoms with E-state index in [1.165, 1.54) is 12.3 Å². The minimum atomic E-state index is -1.03. The molecule has 0 unspecified atom stereocenters. The third kappa shape index (κ3) is 4.81. The van der Waals surface area contributed by atoms with E-state index in [-0.39, 0.29) is 12.5 Å². The van der Waals surface area contributed by atoms with Crippen LogP contribution >= 0.6 is 0 Å². The van der Waals surface area contributed by atoms with Gasteiger partial charge in [0.25, 0.3) is 5.91 Å². The first-order chi connectivity index (χ1) is 11.4. The Morgan fingerprint density at radius 3 is 2.58 bits per heavy atom. The first-order valence-electron chi connectivity index (χ1n) is 7.53. The summed E-state index contributed by atoms with van der Waals surface area (Å²) in [4.78, 5) is 27.3. The Kier molecular flexibility index (Phi) is 5.52. The smallest absolute Gasteiger partial charge is 0.310 e. The van der Waals surface area contributed by atoms with Crippen molar-refractivity contribution in [1.82, 2.24) is 10.3 Å². The van der Waals surface area contributed by atoms with Crippen molar-refractivity contribution in [1.29, 1.82) is 0 Å². The number of carboxylic acid groups (broad SMARTS) is 1. The van der Waals surface area contributed by atoms with Crippen LogP contribution in [0, 0.1) is 5.41 Å². The third-order valence-electron chi connectivity index (χ3n) is 3.50. The number of benzene rings is 1. The van der Waals surface area contributed by atoms with Crippen LogP contribution in [0.15, 0.2) is 48.7 Å². The molecule has 2 N–H and O–H groups in total. The fourth-order valence-electron chi connectivity index (χ4n) is 1.84. The van der Waals surface area contributed by atoms with E-state index >= 15 is 0 Å². The third-order valence-corrected chi connectivity index (χ3v) is 3.50. The number of nitrogens with one attached hydrogen (secondary N) is 1. The quantitative estimate of drug-likeness (QED) is 0.815. The maximum absolute atomic E-state index is 12.2. The zero-order valence-corrected chi connectivity index (χ0v) is 13.7. The summed E-state index contributed by atoms with van der Waals surface area (Å²) in [5, 5.41) is 11.7. The van der Waals surface area contributed by atoms with E-state index < -0.39 is 11.4 Å². The van der Waals surface area contributed by atoms with Gasteiger partial charge in [-0.15, -0.1) is 0 Å². The maximum atomic E-state index is 12.2. The lowest BCUT2D eigenvalue weighted by molar-refractivity contribution is -0.146. The molecule has 0 radical (unpaired) electrons. The Bertz CT molecular complexity index is 714. The van der Waals surface area contributed by atoms with E-state index in [9.17, 15) is 9.59 Å². The number of pyridine rings is 1. The highest BCUT2D eigenvalue weighted by Crippen LogP contribution is 2.15. The number of carboxylic acids is 1. The molecule has 1 amide bonds. The number of hydrogen-bond donors (Lipinski definition) is 2. The summed E-state index contributed by atoms with van der Waals surface area (Å²) < 4.78 is 5.58. The summed E-state index contributed by atoms with van der Waals surface area (Å²) >= 11 is 0. The topological polar surface area (TPSA) is 88.5 Å². The molecule has 0 aliphatic carbocycles. The van der Waals surface area contributed by atoms with Crippen LogP contribution < -0.4 is 10.1 Å². The van der Waals surface area contributed by atoms with Gasteiger partial charge < -0.3 is 15.2 Å². The number of hydrogen-bond acceptors (Lipinski definition) is 4. The van der Waals surface area contributed by atoms with Crippen LogP contribution in [0.25, 0.3) is 0 Å². The summed E-state index contributed by atoms with van der Waals surface area (Å²) in [6, 6.07) is 12.7. The minimum Gasteiger partial charge on any atom is -0.481 e. The van der Waals surface area contributed by atoms with E-state index in [0.717, 1.165) is 5.56 Å². The fourth-order valence-corrected chi connectivity index (χ4v) is 1.84. The zero-order valence-electron chi connectivity index (χ0n) is 13.7. The summed E-state index contributed by atoms with van der Waals surface area (Å²) in [5.41, 5.74) is 0.335. The van der Waals surface area contributed by atoms with Gasteiger partial charge in [0.2, 0.25) is 5.88 Å². The second kappa shape index (κ2) is 7.59. The van der Waals surface area contributed by atoms with Crippen molar-refractivity contribution in [2.24, 2.45) is 5.41 Å². The predicted molar refractivity (Wildman–Crippen MR) is 88.8 cm³/mol. The monoisotopic (exact) mass is 328 g/mol. The average molecular weight is 328 g/mol. The molecule has 0 bridgehead atoms. The van der Waals surface area contributed by atoms with E-state index in [1.54, 1.807) is 19.9 Å². The molecule has 24 heavy (non-hydrogen) atoms. The number of nitrogens with zero attached hydrogens (tertiary/aromatic N) is 1. The fraction of sp³-hybridized carbons (Fsp3) is 0.278. The minimum absolute atomic E-state index is 0.0314. The molecule has 2 aromatic rings. The Labute approximate surface area is 140 Å². The second-order valence-corrected chi connectivity index (χ2v) is 6.03. The molecule has 0 spiro atoms. The molecule has 126 valence electrons. The predicted octanol–water partition coefficient (Wildman–Crippen LogP) is 2.50. The molecule has 0 aliphatic rings. The van der Waals surface area contributed by atoms with Gasteiger partial charge in [-0.05, 0) is 25.5 Å². The normalized spacial score (nSPS) is 10.9. The highest BCUT2D eigenvalue weighted by atomic mass is 16.5. The SMILES string of the molecule is CC(C)(CNC(=O)c1ccnc(OCc2ccccc2)c1)C(=O)O. The van der Waals surface area contributed by atoms with Crippen molar-refractivity contribution < 1.29 is 19.4 Å². The Morgan fingerprint density at radius 1 is 1.21 bits per heavy atom. The first kappa shape index (κ1) is 17.5. The van der Waals surface area contributed by atoms with Crippen LogP contribution in [0.4, 0.5) is 0 Å². The average Bonchev–Trinajstić information content (AvgIpc) is 2.59. The van der Waals surface area contributed by atoms with Gasteiger partial charge in [0.05, 0.1) is 5.41 Å². The summed E-state index contributed by atoms with van der Waals surface area (Å²) in [5.74, 6) is -0.996. The van der Waals surface area contributed by atoms with E-state index in [0.29, 0.717) is 18.1 Å². The van der Waals surface area contributed by atoms with Crippen molar-refractivity contribution in [2.45, 2.75) is 20.5 Å². The number of carbonyl (C=O) groups excluding carboxylic acids is 1. The molecule has 1 heterocycles. The highest BCUT2D eigenvalue weighted by Gasteiger charge is 2.27. The first-order valence-corrected chi connectivity index (χ1v) is 7.53. The van der Waals surface area contributed by atoms with Gasteiger partial charge in [-0.1, -0.05) is 30.3 Å². The van der Waals surface area contributed by atoms with E-state index in [1.807, 2.05) is 30.3 Å². The standard InChI is InChI=1S/C18H20N2O4/c1-18(2,17(22)23)12-20-16(21)14-8-9-19-15(10-14)24-11-13-6-4-3-5-7-13/h3-10H,11-12H2,1-2H3,(H,20,21)(H,22,23). The molecule has 6 nitrogen and oxygen atoms in total. The summed E-state index contributed by atoms with van der Waals surface area (Å²) in [6.07, 6.45) is 1.48. The Hall–Kier alpha value is -2.89. The van der Waals surface area contributed by atoms with Crippen LogP contribution in [0.1, 0.15) is 29.8 Å².